The number of halogens is 2. The molecule has 11 heteroatoms. The van der Waals surface area contributed by atoms with Gasteiger partial charge in [-0.05, 0) is 31.6 Å². The lowest BCUT2D eigenvalue weighted by molar-refractivity contribution is -0.385. The summed E-state index contributed by atoms with van der Waals surface area (Å²) in [5.41, 5.74) is 0.264. The van der Waals surface area contributed by atoms with Gasteiger partial charge in [0, 0.05) is 12.1 Å². The first-order valence-corrected chi connectivity index (χ1v) is 9.90. The third-order valence-corrected chi connectivity index (χ3v) is 7.38. The summed E-state index contributed by atoms with van der Waals surface area (Å²) in [7, 11) is -4.36. The summed E-state index contributed by atoms with van der Waals surface area (Å²) in [6, 6.07) is 4.43. The average molecular weight is 496 g/mol. The van der Waals surface area contributed by atoms with Crippen LogP contribution in [0.15, 0.2) is 46.0 Å². The monoisotopic (exact) mass is 494 g/mol. The van der Waals surface area contributed by atoms with E-state index in [0.29, 0.717) is 5.57 Å². The van der Waals surface area contributed by atoms with E-state index in [1.807, 2.05) is 0 Å². The van der Waals surface area contributed by atoms with Gasteiger partial charge in [-0.2, -0.15) is 8.42 Å². The van der Waals surface area contributed by atoms with Crippen LogP contribution in [-0.2, 0) is 19.2 Å². The molecule has 1 aromatic rings. The Morgan fingerprint density at radius 2 is 2.04 bits per heavy atom. The fourth-order valence-corrected chi connectivity index (χ4v) is 3.90. The number of nitro benzene ring substituents is 1. The molecule has 0 spiro atoms. The highest BCUT2D eigenvalue weighted by atomic mass is 79.9. The maximum Gasteiger partial charge on any atom is 0.358 e. The van der Waals surface area contributed by atoms with Gasteiger partial charge in [-0.25, -0.2) is 0 Å². The van der Waals surface area contributed by atoms with Gasteiger partial charge in [-0.15, -0.1) is 0 Å². The Labute approximate surface area is 160 Å². The van der Waals surface area contributed by atoms with Crippen LogP contribution in [0, 0.1) is 10.1 Å². The number of nitro groups is 1. The van der Waals surface area contributed by atoms with Gasteiger partial charge in [0.25, 0.3) is 5.69 Å². The minimum atomic E-state index is -4.36. The molecule has 0 saturated carbocycles. The van der Waals surface area contributed by atoms with Gasteiger partial charge in [-0.1, -0.05) is 43.1 Å². The second-order valence-corrected chi connectivity index (χ2v) is 9.48. The van der Waals surface area contributed by atoms with E-state index in [0.717, 1.165) is 18.2 Å². The SMILES string of the molecule is CC1=CC(=O)[C@H](Br)[C@@](C)(Br)/C1=N\OS(=O)(=O)c1cccc([N+](=O)[O-])c1. The summed E-state index contributed by atoms with van der Waals surface area (Å²) in [5, 5.41) is 14.5. The molecule has 0 heterocycles. The van der Waals surface area contributed by atoms with E-state index in [-0.39, 0.29) is 17.2 Å². The first-order chi connectivity index (χ1) is 11.5. The molecule has 0 fully saturated rings. The van der Waals surface area contributed by atoms with Gasteiger partial charge < -0.3 is 0 Å². The molecule has 1 aliphatic carbocycles. The number of carbonyl (C=O) groups is 1. The van der Waals surface area contributed by atoms with Crippen LogP contribution in [-0.4, -0.2) is 34.0 Å². The van der Waals surface area contributed by atoms with Crippen LogP contribution in [0.1, 0.15) is 13.8 Å². The Morgan fingerprint density at radius 1 is 1.40 bits per heavy atom. The molecule has 0 aliphatic heterocycles. The molecule has 0 bridgehead atoms. The molecule has 0 unspecified atom stereocenters. The van der Waals surface area contributed by atoms with E-state index in [1.54, 1.807) is 13.8 Å². The maximum atomic E-state index is 12.2. The van der Waals surface area contributed by atoms with E-state index in [9.17, 15) is 23.3 Å². The molecular formula is C14H12Br2N2O6S. The number of oxime groups is 1. The zero-order valence-electron chi connectivity index (χ0n) is 13.0. The highest BCUT2D eigenvalue weighted by Crippen LogP contribution is 2.37. The number of non-ortho nitro benzene ring substituents is 1. The van der Waals surface area contributed by atoms with Gasteiger partial charge in [0.15, 0.2) is 5.78 Å². The highest BCUT2D eigenvalue weighted by molar-refractivity contribution is 9.13. The van der Waals surface area contributed by atoms with Gasteiger partial charge in [-0.3, -0.25) is 19.2 Å². The first kappa shape index (κ1) is 19.7. The van der Waals surface area contributed by atoms with Crippen LogP contribution >= 0.6 is 31.9 Å². The lowest BCUT2D eigenvalue weighted by Gasteiger charge is -2.31. The minimum Gasteiger partial charge on any atom is -0.294 e. The Kier molecular flexibility index (Phi) is 5.50. The molecule has 1 aromatic carbocycles. The zero-order chi connectivity index (χ0) is 19.0. The van der Waals surface area contributed by atoms with Crippen molar-refractivity contribution in [2.24, 2.45) is 5.16 Å². The molecule has 134 valence electrons. The van der Waals surface area contributed by atoms with Gasteiger partial charge >= 0.3 is 10.1 Å². The standard InChI is InChI=1S/C14H12Br2N2O6S/c1-8-6-11(19)12(15)14(2,16)13(8)17-24-25(22,23)10-5-3-4-9(7-10)18(20)21/h3-7,12H,1-2H3/b17-13-/t12-,14+/m0/s1. The van der Waals surface area contributed by atoms with Crippen LogP contribution in [0.2, 0.25) is 0 Å². The summed E-state index contributed by atoms with van der Waals surface area (Å²) in [5.74, 6) is -0.197. The molecule has 2 atom stereocenters. The van der Waals surface area contributed by atoms with Crippen molar-refractivity contribution < 1.29 is 22.4 Å². The van der Waals surface area contributed by atoms with Crippen molar-refractivity contribution in [3.63, 3.8) is 0 Å². The molecule has 0 amide bonds. The molecule has 25 heavy (non-hydrogen) atoms. The molecule has 1 aliphatic rings. The average Bonchev–Trinajstić information content (AvgIpc) is 2.52. The largest absolute Gasteiger partial charge is 0.358 e. The van der Waals surface area contributed by atoms with E-state index in [1.165, 1.54) is 12.1 Å². The molecule has 0 aromatic heterocycles. The van der Waals surface area contributed by atoms with E-state index >= 15 is 0 Å². The van der Waals surface area contributed by atoms with Crippen molar-refractivity contribution in [2.45, 2.75) is 27.9 Å². The fourth-order valence-electron chi connectivity index (χ4n) is 2.17. The van der Waals surface area contributed by atoms with Crippen molar-refractivity contribution in [3.8, 4) is 0 Å². The maximum absolute atomic E-state index is 12.2. The van der Waals surface area contributed by atoms with Gasteiger partial charge in [0.2, 0.25) is 0 Å². The van der Waals surface area contributed by atoms with Gasteiger partial charge in [0.05, 0.1) is 14.1 Å². The van der Waals surface area contributed by atoms with Crippen LogP contribution in [0.3, 0.4) is 0 Å². The number of hydrogen-bond donors (Lipinski definition) is 0. The highest BCUT2D eigenvalue weighted by Gasteiger charge is 2.44. The number of allylic oxidation sites excluding steroid dienone is 2. The number of carbonyl (C=O) groups excluding carboxylic acids is 1. The van der Waals surface area contributed by atoms with Crippen molar-refractivity contribution in [2.75, 3.05) is 0 Å². The second-order valence-electron chi connectivity index (χ2n) is 5.39. The molecule has 0 saturated heterocycles. The van der Waals surface area contributed by atoms with Crippen LogP contribution in [0.25, 0.3) is 0 Å². The quantitative estimate of drug-likeness (QED) is 0.360. The van der Waals surface area contributed by atoms with E-state index in [4.69, 9.17) is 4.28 Å². The zero-order valence-corrected chi connectivity index (χ0v) is 17.0. The molecule has 0 radical (unpaired) electrons. The lowest BCUT2D eigenvalue weighted by atomic mass is 9.88. The molecule has 8 nitrogen and oxygen atoms in total. The number of alkyl halides is 2. The smallest absolute Gasteiger partial charge is 0.294 e. The first-order valence-electron chi connectivity index (χ1n) is 6.79. The van der Waals surface area contributed by atoms with Gasteiger partial charge in [0.1, 0.15) is 10.6 Å². The summed E-state index contributed by atoms with van der Waals surface area (Å²) in [6.07, 6.45) is 1.32. The topological polar surface area (TPSA) is 116 Å². The number of benzene rings is 1. The van der Waals surface area contributed by atoms with E-state index < -0.39 is 29.1 Å². The Balaban J connectivity index is 2.40. The lowest BCUT2D eigenvalue weighted by Crippen LogP contribution is -2.46. The van der Waals surface area contributed by atoms with Crippen LogP contribution < -0.4 is 0 Å². The fraction of sp³-hybridized carbons (Fsp3) is 0.286. The Bertz CT molecular complexity index is 908. The second kappa shape index (κ2) is 6.96. The normalized spacial score (nSPS) is 25.6. The van der Waals surface area contributed by atoms with Crippen LogP contribution in [0.5, 0.6) is 0 Å². The molecule has 2 rings (SSSR count). The summed E-state index contributed by atoms with van der Waals surface area (Å²) in [6.45, 7) is 3.24. The number of ketones is 1. The number of rotatable bonds is 4. The predicted octanol–water partition coefficient (Wildman–Crippen LogP) is 3.10. The Hall–Kier alpha value is -1.59. The third kappa shape index (κ3) is 3.98. The summed E-state index contributed by atoms with van der Waals surface area (Å²) < 4.78 is 28.2. The summed E-state index contributed by atoms with van der Waals surface area (Å²) >= 11 is 6.59. The Morgan fingerprint density at radius 3 is 2.64 bits per heavy atom. The van der Waals surface area contributed by atoms with Crippen molar-refractivity contribution in [1.29, 1.82) is 0 Å². The number of hydrogen-bond acceptors (Lipinski definition) is 7. The number of nitrogens with zero attached hydrogens (tertiary/aromatic N) is 2. The molecule has 0 N–H and O–H groups in total. The van der Waals surface area contributed by atoms with Crippen molar-refractivity contribution in [1.82, 2.24) is 0 Å². The van der Waals surface area contributed by atoms with Crippen molar-refractivity contribution in [3.05, 3.63) is 46.0 Å². The minimum absolute atomic E-state index is 0.197. The van der Waals surface area contributed by atoms with E-state index in [2.05, 4.69) is 37.0 Å². The summed E-state index contributed by atoms with van der Waals surface area (Å²) in [4.78, 5) is 20.9. The van der Waals surface area contributed by atoms with Crippen molar-refractivity contribution >= 4 is 59.2 Å². The third-order valence-electron chi connectivity index (χ3n) is 3.46. The predicted molar refractivity (Wildman–Crippen MR) is 97.6 cm³/mol. The van der Waals surface area contributed by atoms with Crippen LogP contribution in [0.4, 0.5) is 5.69 Å². The molecular weight excluding hydrogens is 484 g/mol.